The molecule has 1 heterocycles. The van der Waals surface area contributed by atoms with Crippen molar-refractivity contribution in [2.24, 2.45) is 0 Å². The van der Waals surface area contributed by atoms with Crippen molar-refractivity contribution in [3.8, 4) is 0 Å². The molecule has 0 radical (unpaired) electrons. The van der Waals surface area contributed by atoms with Gasteiger partial charge in [-0.05, 0) is 12.8 Å². The molecule has 2 rings (SSSR count). The Hall–Kier alpha value is -1.08. The van der Waals surface area contributed by atoms with Gasteiger partial charge in [-0.3, -0.25) is 5.32 Å². The van der Waals surface area contributed by atoms with Crippen molar-refractivity contribution in [3.05, 3.63) is 18.2 Å². The summed E-state index contributed by atoms with van der Waals surface area (Å²) in [6, 6.07) is -0.394. The van der Waals surface area contributed by atoms with Crippen molar-refractivity contribution in [1.82, 2.24) is 14.9 Å². The average molecular weight is 249 g/mol. The monoisotopic (exact) mass is 249 g/mol. The molecule has 1 aromatic heterocycles. The number of alkyl halides is 3. The molecule has 0 bridgehead atoms. The molecule has 0 spiro atoms. The molecule has 0 aromatic carbocycles. The number of rotatable bonds is 5. The first kappa shape index (κ1) is 12.4. The zero-order valence-electron chi connectivity index (χ0n) is 9.11. The number of hydrogen-bond donors (Lipinski definition) is 2. The van der Waals surface area contributed by atoms with Crippen LogP contribution in [0.3, 0.4) is 0 Å². The molecule has 1 saturated carbocycles. The van der Waals surface area contributed by atoms with Crippen LogP contribution in [-0.2, 0) is 0 Å². The summed E-state index contributed by atoms with van der Waals surface area (Å²) in [5.74, 6) is 0. The summed E-state index contributed by atoms with van der Waals surface area (Å²) in [5, 5.41) is 11.4. The zero-order chi connectivity index (χ0) is 12.5. The number of hydrogen-bond acceptors (Lipinski definition) is 3. The molecule has 1 aliphatic rings. The van der Waals surface area contributed by atoms with Crippen molar-refractivity contribution in [2.75, 3.05) is 13.2 Å². The van der Waals surface area contributed by atoms with Gasteiger partial charge in [0, 0.05) is 12.2 Å². The van der Waals surface area contributed by atoms with E-state index in [0.29, 0.717) is 11.7 Å². The summed E-state index contributed by atoms with van der Waals surface area (Å²) in [4.78, 5) is 3.93. The number of aromatic nitrogens is 2. The Morgan fingerprint density at radius 3 is 2.76 bits per heavy atom. The molecule has 96 valence electrons. The third kappa shape index (κ3) is 3.19. The lowest BCUT2D eigenvalue weighted by molar-refractivity contribution is -0.126. The van der Waals surface area contributed by atoms with E-state index >= 15 is 0 Å². The SMILES string of the molecule is OCC(NCC(F)(F)F)c1cncn1C1CC1. The molecular formula is C10H14F3N3O. The molecule has 1 atom stereocenters. The first-order valence-electron chi connectivity index (χ1n) is 5.44. The van der Waals surface area contributed by atoms with E-state index in [1.54, 1.807) is 6.33 Å². The Morgan fingerprint density at radius 2 is 2.24 bits per heavy atom. The van der Waals surface area contributed by atoms with Crippen molar-refractivity contribution < 1.29 is 18.3 Å². The van der Waals surface area contributed by atoms with E-state index in [9.17, 15) is 13.2 Å². The van der Waals surface area contributed by atoms with Crippen LogP contribution in [0, 0.1) is 0 Å². The van der Waals surface area contributed by atoms with Crippen LogP contribution in [-0.4, -0.2) is 34.0 Å². The van der Waals surface area contributed by atoms with Crippen LogP contribution in [0.15, 0.2) is 12.5 Å². The summed E-state index contributed by atoms with van der Waals surface area (Å²) in [6.45, 7) is -1.50. The Morgan fingerprint density at radius 1 is 1.53 bits per heavy atom. The molecular weight excluding hydrogens is 235 g/mol. The van der Waals surface area contributed by atoms with Gasteiger partial charge >= 0.3 is 6.18 Å². The zero-order valence-corrected chi connectivity index (χ0v) is 9.11. The summed E-state index contributed by atoms with van der Waals surface area (Å²) < 4.78 is 38.1. The van der Waals surface area contributed by atoms with E-state index in [4.69, 9.17) is 5.11 Å². The van der Waals surface area contributed by atoms with Crippen LogP contribution in [0.1, 0.15) is 30.6 Å². The van der Waals surface area contributed by atoms with Gasteiger partial charge in [-0.1, -0.05) is 0 Å². The molecule has 1 unspecified atom stereocenters. The molecule has 4 nitrogen and oxygen atoms in total. The highest BCUT2D eigenvalue weighted by molar-refractivity contribution is 5.09. The lowest BCUT2D eigenvalue weighted by Crippen LogP contribution is -2.34. The van der Waals surface area contributed by atoms with Crippen molar-refractivity contribution in [1.29, 1.82) is 0 Å². The number of nitrogens with zero attached hydrogens (tertiary/aromatic N) is 2. The number of aliphatic hydroxyl groups excluding tert-OH is 1. The molecule has 7 heteroatoms. The summed E-state index contributed by atoms with van der Waals surface area (Å²) in [5.41, 5.74) is 0.610. The Bertz CT molecular complexity index is 373. The van der Waals surface area contributed by atoms with Crippen LogP contribution in [0.25, 0.3) is 0 Å². The van der Waals surface area contributed by atoms with Gasteiger partial charge in [0.2, 0.25) is 0 Å². The third-order valence-corrected chi connectivity index (χ3v) is 2.72. The van der Waals surface area contributed by atoms with E-state index in [1.165, 1.54) is 6.20 Å². The van der Waals surface area contributed by atoms with E-state index in [2.05, 4.69) is 10.3 Å². The van der Waals surface area contributed by atoms with Crippen LogP contribution >= 0.6 is 0 Å². The molecule has 0 saturated heterocycles. The molecule has 1 aliphatic carbocycles. The van der Waals surface area contributed by atoms with Gasteiger partial charge in [-0.15, -0.1) is 0 Å². The normalized spacial score (nSPS) is 18.4. The van der Waals surface area contributed by atoms with Crippen molar-refractivity contribution >= 4 is 0 Å². The number of nitrogens with one attached hydrogen (secondary N) is 1. The topological polar surface area (TPSA) is 50.1 Å². The van der Waals surface area contributed by atoms with Crippen LogP contribution < -0.4 is 5.32 Å². The van der Waals surface area contributed by atoms with E-state index in [-0.39, 0.29) is 6.61 Å². The minimum atomic E-state index is -4.28. The maximum Gasteiger partial charge on any atom is 0.401 e. The third-order valence-electron chi connectivity index (χ3n) is 2.72. The van der Waals surface area contributed by atoms with E-state index in [1.807, 2.05) is 4.57 Å². The van der Waals surface area contributed by atoms with Gasteiger partial charge in [0.05, 0.1) is 31.2 Å². The average Bonchev–Trinajstić information content (AvgIpc) is 2.98. The molecule has 2 N–H and O–H groups in total. The second-order valence-electron chi connectivity index (χ2n) is 4.19. The van der Waals surface area contributed by atoms with Gasteiger partial charge in [-0.2, -0.15) is 13.2 Å². The Balaban J connectivity index is 2.03. The fourth-order valence-electron chi connectivity index (χ4n) is 1.74. The molecule has 1 aromatic rings. The number of halogens is 3. The van der Waals surface area contributed by atoms with E-state index < -0.39 is 18.8 Å². The second-order valence-corrected chi connectivity index (χ2v) is 4.19. The molecule has 0 amide bonds. The van der Waals surface area contributed by atoms with Crippen LogP contribution in [0.5, 0.6) is 0 Å². The minimum absolute atomic E-state index is 0.328. The predicted octanol–water partition coefficient (Wildman–Crippen LogP) is 1.40. The smallest absolute Gasteiger partial charge is 0.394 e. The molecule has 0 aliphatic heterocycles. The maximum atomic E-state index is 12.1. The summed E-state index contributed by atoms with van der Waals surface area (Å²) in [7, 11) is 0. The minimum Gasteiger partial charge on any atom is -0.394 e. The van der Waals surface area contributed by atoms with Gasteiger partial charge in [0.1, 0.15) is 0 Å². The van der Waals surface area contributed by atoms with Gasteiger partial charge < -0.3 is 9.67 Å². The van der Waals surface area contributed by atoms with Crippen LogP contribution in [0.4, 0.5) is 13.2 Å². The van der Waals surface area contributed by atoms with Gasteiger partial charge in [-0.25, -0.2) is 4.98 Å². The van der Waals surface area contributed by atoms with Crippen molar-refractivity contribution in [2.45, 2.75) is 31.1 Å². The lowest BCUT2D eigenvalue weighted by atomic mass is 10.2. The van der Waals surface area contributed by atoms with Gasteiger partial charge in [0.15, 0.2) is 0 Å². The molecule has 1 fully saturated rings. The summed E-state index contributed by atoms with van der Waals surface area (Å²) >= 11 is 0. The first-order valence-corrected chi connectivity index (χ1v) is 5.44. The fourth-order valence-corrected chi connectivity index (χ4v) is 1.74. The predicted molar refractivity (Wildman–Crippen MR) is 54.4 cm³/mol. The highest BCUT2D eigenvalue weighted by Gasteiger charge is 2.31. The van der Waals surface area contributed by atoms with Crippen LogP contribution in [0.2, 0.25) is 0 Å². The fraction of sp³-hybridized carbons (Fsp3) is 0.700. The molecule has 17 heavy (non-hydrogen) atoms. The Labute approximate surface area is 96.5 Å². The summed E-state index contributed by atoms with van der Waals surface area (Å²) in [6.07, 6.45) is 0.854. The first-order chi connectivity index (χ1) is 8.01. The highest BCUT2D eigenvalue weighted by Crippen LogP contribution is 2.36. The maximum absolute atomic E-state index is 12.1. The van der Waals surface area contributed by atoms with E-state index in [0.717, 1.165) is 12.8 Å². The second kappa shape index (κ2) is 4.66. The quantitative estimate of drug-likeness (QED) is 0.829. The number of imidazole rings is 1. The lowest BCUT2D eigenvalue weighted by Gasteiger charge is -2.19. The van der Waals surface area contributed by atoms with Crippen molar-refractivity contribution in [3.63, 3.8) is 0 Å². The van der Waals surface area contributed by atoms with Gasteiger partial charge in [0.25, 0.3) is 0 Å². The largest absolute Gasteiger partial charge is 0.401 e. The Kier molecular flexibility index (Phi) is 3.39. The highest BCUT2D eigenvalue weighted by atomic mass is 19.4. The number of aliphatic hydroxyl groups is 1. The standard InChI is InChI=1S/C10H14F3N3O/c11-10(12,13)5-15-8(4-17)9-3-14-6-16(9)7-1-2-7/h3,6-8,15,17H,1-2,4-5H2.